The molecule has 0 saturated heterocycles. The Kier molecular flexibility index (Phi) is 10.2. The maximum Gasteiger partial charge on any atom is 0.191 e. The van der Waals surface area contributed by atoms with Crippen molar-refractivity contribution in [2.24, 2.45) is 4.99 Å². The van der Waals surface area contributed by atoms with E-state index < -0.39 is 0 Å². The second-order valence-corrected chi connectivity index (χ2v) is 4.72. The molecule has 20 heavy (non-hydrogen) atoms. The van der Waals surface area contributed by atoms with Crippen molar-refractivity contribution in [3.63, 3.8) is 0 Å². The van der Waals surface area contributed by atoms with E-state index in [0.29, 0.717) is 19.2 Å². The van der Waals surface area contributed by atoms with Gasteiger partial charge in [-0.05, 0) is 39.8 Å². The number of guanidine groups is 1. The molecule has 1 rings (SSSR count). The van der Waals surface area contributed by atoms with Gasteiger partial charge in [0.2, 0.25) is 0 Å². The first-order chi connectivity index (χ1) is 9.11. The fourth-order valence-electron chi connectivity index (χ4n) is 1.55. The molecule has 4 nitrogen and oxygen atoms in total. The summed E-state index contributed by atoms with van der Waals surface area (Å²) in [6.45, 7) is 10.4. The molecule has 0 radical (unpaired) electrons. The normalized spacial score (nSPS) is 10.9. The summed E-state index contributed by atoms with van der Waals surface area (Å²) in [6, 6.07) is 8.43. The summed E-state index contributed by atoms with van der Waals surface area (Å²) < 4.78 is 5.63. The van der Waals surface area contributed by atoms with Crippen LogP contribution in [0.15, 0.2) is 29.3 Å². The zero-order valence-electron chi connectivity index (χ0n) is 12.8. The molecule has 0 unspecified atom stereocenters. The van der Waals surface area contributed by atoms with Crippen molar-refractivity contribution in [1.29, 1.82) is 0 Å². The lowest BCUT2D eigenvalue weighted by Crippen LogP contribution is -2.41. The quantitative estimate of drug-likeness (QED) is 0.339. The maximum absolute atomic E-state index is 5.63. The van der Waals surface area contributed by atoms with E-state index >= 15 is 0 Å². The molecule has 0 aliphatic heterocycles. The van der Waals surface area contributed by atoms with E-state index in [9.17, 15) is 0 Å². The van der Waals surface area contributed by atoms with E-state index in [1.165, 1.54) is 5.56 Å². The second-order valence-electron chi connectivity index (χ2n) is 4.72. The summed E-state index contributed by atoms with van der Waals surface area (Å²) in [4.78, 5) is 4.46. The van der Waals surface area contributed by atoms with Gasteiger partial charge in [-0.15, -0.1) is 24.0 Å². The van der Waals surface area contributed by atoms with Crippen molar-refractivity contribution in [2.75, 3.05) is 19.7 Å². The smallest absolute Gasteiger partial charge is 0.191 e. The van der Waals surface area contributed by atoms with E-state index in [1.54, 1.807) is 0 Å². The lowest BCUT2D eigenvalue weighted by molar-refractivity contribution is 0.328. The van der Waals surface area contributed by atoms with Gasteiger partial charge < -0.3 is 15.4 Å². The summed E-state index contributed by atoms with van der Waals surface area (Å²) in [5.41, 5.74) is 1.24. The summed E-state index contributed by atoms with van der Waals surface area (Å²) >= 11 is 0. The number of aryl methyl sites for hydroxylation is 1. The molecule has 5 heteroatoms. The molecule has 114 valence electrons. The van der Waals surface area contributed by atoms with Gasteiger partial charge in [-0.3, -0.25) is 0 Å². The Balaban J connectivity index is 0.00000361. The second kappa shape index (κ2) is 10.8. The molecule has 0 spiro atoms. The summed E-state index contributed by atoms with van der Waals surface area (Å²) in [6.07, 6.45) is 0. The molecule has 0 aliphatic carbocycles. The van der Waals surface area contributed by atoms with Crippen LogP contribution < -0.4 is 15.4 Å². The SMILES string of the molecule is CCNC(=NCCOc1ccc(C)cc1)NC(C)C.I. The van der Waals surface area contributed by atoms with Gasteiger partial charge in [0.15, 0.2) is 5.96 Å². The van der Waals surface area contributed by atoms with E-state index in [2.05, 4.69) is 43.3 Å². The van der Waals surface area contributed by atoms with Crippen molar-refractivity contribution in [2.45, 2.75) is 33.7 Å². The Morgan fingerprint density at radius 1 is 1.25 bits per heavy atom. The van der Waals surface area contributed by atoms with Crippen LogP contribution in [-0.4, -0.2) is 31.7 Å². The van der Waals surface area contributed by atoms with Crippen molar-refractivity contribution in [3.8, 4) is 5.75 Å². The molecular weight excluding hydrogens is 365 g/mol. The molecule has 0 aliphatic rings. The molecule has 0 aromatic heterocycles. The Morgan fingerprint density at radius 2 is 1.90 bits per heavy atom. The molecule has 0 atom stereocenters. The number of nitrogens with one attached hydrogen (secondary N) is 2. The minimum atomic E-state index is 0. The zero-order chi connectivity index (χ0) is 14.1. The minimum Gasteiger partial charge on any atom is -0.492 e. The van der Waals surface area contributed by atoms with Crippen LogP contribution in [0, 0.1) is 6.92 Å². The van der Waals surface area contributed by atoms with Gasteiger partial charge in [-0.2, -0.15) is 0 Å². The number of hydrogen-bond donors (Lipinski definition) is 2. The van der Waals surface area contributed by atoms with E-state index in [-0.39, 0.29) is 24.0 Å². The largest absolute Gasteiger partial charge is 0.492 e. The maximum atomic E-state index is 5.63. The predicted molar refractivity (Wildman–Crippen MR) is 96.3 cm³/mol. The first-order valence-electron chi connectivity index (χ1n) is 6.86. The van der Waals surface area contributed by atoms with Crippen LogP contribution in [0.4, 0.5) is 0 Å². The van der Waals surface area contributed by atoms with Crippen LogP contribution in [0.3, 0.4) is 0 Å². The Bertz CT molecular complexity index is 391. The minimum absolute atomic E-state index is 0. The number of ether oxygens (including phenoxy) is 1. The lowest BCUT2D eigenvalue weighted by atomic mass is 10.2. The fraction of sp³-hybridized carbons (Fsp3) is 0.533. The molecule has 1 aromatic rings. The number of hydrogen-bond acceptors (Lipinski definition) is 2. The number of benzene rings is 1. The summed E-state index contributed by atoms with van der Waals surface area (Å²) in [5.74, 6) is 1.73. The van der Waals surface area contributed by atoms with Crippen LogP contribution in [-0.2, 0) is 0 Å². The molecular formula is C15H26IN3O. The Morgan fingerprint density at radius 3 is 2.45 bits per heavy atom. The van der Waals surface area contributed by atoms with Gasteiger partial charge in [0.1, 0.15) is 12.4 Å². The average Bonchev–Trinajstić information content (AvgIpc) is 2.36. The highest BCUT2D eigenvalue weighted by atomic mass is 127. The zero-order valence-corrected chi connectivity index (χ0v) is 15.1. The number of aliphatic imine (C=N–C) groups is 1. The summed E-state index contributed by atoms with van der Waals surface area (Å²) in [5, 5.41) is 6.47. The molecule has 0 amide bonds. The Labute approximate surface area is 139 Å². The lowest BCUT2D eigenvalue weighted by Gasteiger charge is -2.14. The van der Waals surface area contributed by atoms with Crippen LogP contribution in [0.5, 0.6) is 5.75 Å². The third-order valence-electron chi connectivity index (χ3n) is 2.42. The average molecular weight is 391 g/mol. The van der Waals surface area contributed by atoms with Gasteiger partial charge in [0.25, 0.3) is 0 Å². The number of nitrogens with zero attached hydrogens (tertiary/aromatic N) is 1. The third kappa shape index (κ3) is 8.24. The molecule has 2 N–H and O–H groups in total. The highest BCUT2D eigenvalue weighted by molar-refractivity contribution is 14.0. The first-order valence-corrected chi connectivity index (χ1v) is 6.86. The fourth-order valence-corrected chi connectivity index (χ4v) is 1.55. The van der Waals surface area contributed by atoms with E-state index in [4.69, 9.17) is 4.74 Å². The van der Waals surface area contributed by atoms with Crippen LogP contribution in [0.2, 0.25) is 0 Å². The standard InChI is InChI=1S/C15H25N3O.HI/c1-5-16-15(18-12(2)3)17-10-11-19-14-8-6-13(4)7-9-14;/h6-9,12H,5,10-11H2,1-4H3,(H2,16,17,18);1H. The van der Waals surface area contributed by atoms with Crippen molar-refractivity contribution >= 4 is 29.9 Å². The highest BCUT2D eigenvalue weighted by Crippen LogP contribution is 2.10. The van der Waals surface area contributed by atoms with Crippen molar-refractivity contribution < 1.29 is 4.74 Å². The molecule has 1 aromatic carbocycles. The van der Waals surface area contributed by atoms with Crippen LogP contribution >= 0.6 is 24.0 Å². The van der Waals surface area contributed by atoms with Gasteiger partial charge in [-0.1, -0.05) is 17.7 Å². The third-order valence-corrected chi connectivity index (χ3v) is 2.42. The molecule has 0 saturated carbocycles. The van der Waals surface area contributed by atoms with E-state index in [0.717, 1.165) is 18.3 Å². The molecule has 0 heterocycles. The highest BCUT2D eigenvalue weighted by Gasteiger charge is 1.99. The number of halogens is 1. The Hall–Kier alpha value is -0.980. The number of rotatable bonds is 6. The van der Waals surface area contributed by atoms with Crippen molar-refractivity contribution in [1.82, 2.24) is 10.6 Å². The van der Waals surface area contributed by atoms with Gasteiger partial charge in [-0.25, -0.2) is 4.99 Å². The van der Waals surface area contributed by atoms with Gasteiger partial charge in [0.05, 0.1) is 6.54 Å². The van der Waals surface area contributed by atoms with Gasteiger partial charge in [0, 0.05) is 12.6 Å². The topological polar surface area (TPSA) is 45.7 Å². The van der Waals surface area contributed by atoms with Crippen LogP contribution in [0.1, 0.15) is 26.3 Å². The van der Waals surface area contributed by atoms with Crippen LogP contribution in [0.25, 0.3) is 0 Å². The first kappa shape index (κ1) is 19.0. The summed E-state index contributed by atoms with van der Waals surface area (Å²) in [7, 11) is 0. The van der Waals surface area contributed by atoms with Gasteiger partial charge >= 0.3 is 0 Å². The monoisotopic (exact) mass is 391 g/mol. The predicted octanol–water partition coefficient (Wildman–Crippen LogP) is 2.96. The molecule has 0 bridgehead atoms. The van der Waals surface area contributed by atoms with E-state index in [1.807, 2.05) is 24.3 Å². The van der Waals surface area contributed by atoms with Crippen molar-refractivity contribution in [3.05, 3.63) is 29.8 Å². The molecule has 0 fully saturated rings.